The lowest BCUT2D eigenvalue weighted by Crippen LogP contribution is -2.69. The minimum absolute atomic E-state index is 0.743. The van der Waals surface area contributed by atoms with E-state index in [0.29, 0.717) is 0 Å². The summed E-state index contributed by atoms with van der Waals surface area (Å²) in [4.78, 5) is 4.26. The van der Waals surface area contributed by atoms with Gasteiger partial charge in [-0.3, -0.25) is 0 Å². The van der Waals surface area contributed by atoms with Crippen molar-refractivity contribution in [1.29, 1.82) is 0 Å². The number of aromatic nitrogens is 2. The van der Waals surface area contributed by atoms with E-state index in [4.69, 9.17) is 23.2 Å². The average molecular weight is 409 g/mol. The summed E-state index contributed by atoms with van der Waals surface area (Å²) in [6, 6.07) is 27.1. The van der Waals surface area contributed by atoms with Crippen LogP contribution in [0.2, 0.25) is 10.0 Å². The first-order chi connectivity index (χ1) is 13.2. The van der Waals surface area contributed by atoms with E-state index in [2.05, 4.69) is 64.1 Å². The molecule has 0 aliphatic rings. The Kier molecular flexibility index (Phi) is 5.17. The summed E-state index contributed by atoms with van der Waals surface area (Å²) in [6.07, 6.45) is 6.53. The Morgan fingerprint density at radius 2 is 1.33 bits per heavy atom. The van der Waals surface area contributed by atoms with Crippen molar-refractivity contribution in [1.82, 2.24) is 9.55 Å². The fourth-order valence-electron chi connectivity index (χ4n) is 3.66. The zero-order chi connectivity index (χ0) is 18.7. The number of benzene rings is 3. The molecule has 0 fully saturated rings. The summed E-state index contributed by atoms with van der Waals surface area (Å²) in [5, 5.41) is 5.29. The van der Waals surface area contributed by atoms with Gasteiger partial charge in [-0.05, 0) is 39.8 Å². The first-order valence-electron chi connectivity index (χ1n) is 8.72. The van der Waals surface area contributed by atoms with Gasteiger partial charge in [0.25, 0.3) is 0 Å². The molecule has 5 heteroatoms. The first-order valence-corrected chi connectivity index (χ1v) is 11.7. The number of hydrogen-bond acceptors (Lipinski definition) is 1. The van der Waals surface area contributed by atoms with Crippen LogP contribution in [-0.4, -0.2) is 17.6 Å². The van der Waals surface area contributed by atoms with Crippen LogP contribution in [0, 0.1) is 0 Å². The molecule has 4 rings (SSSR count). The molecule has 1 aromatic heterocycles. The molecule has 0 spiro atoms. The molecule has 0 saturated carbocycles. The molecule has 0 bridgehead atoms. The highest BCUT2D eigenvalue weighted by Gasteiger charge is 2.40. The lowest BCUT2D eigenvalue weighted by molar-refractivity contribution is 0.862. The van der Waals surface area contributed by atoms with Gasteiger partial charge in [0.2, 0.25) is 0 Å². The second-order valence-corrected chi connectivity index (χ2v) is 11.3. The molecule has 0 amide bonds. The van der Waals surface area contributed by atoms with Crippen LogP contribution in [0.5, 0.6) is 0 Å². The zero-order valence-electron chi connectivity index (χ0n) is 14.6. The maximum Gasteiger partial charge on any atom is 0.168 e. The molecule has 0 N–H and O–H groups in total. The van der Waals surface area contributed by atoms with E-state index >= 15 is 0 Å². The van der Waals surface area contributed by atoms with Crippen molar-refractivity contribution in [2.75, 3.05) is 0 Å². The highest BCUT2D eigenvalue weighted by Crippen LogP contribution is 2.16. The van der Waals surface area contributed by atoms with Gasteiger partial charge < -0.3 is 4.57 Å². The van der Waals surface area contributed by atoms with Gasteiger partial charge in [0.05, 0.1) is 6.33 Å². The van der Waals surface area contributed by atoms with E-state index in [-0.39, 0.29) is 0 Å². The third-order valence-corrected chi connectivity index (χ3v) is 10.1. The summed E-state index contributed by atoms with van der Waals surface area (Å²) in [7, 11) is -2.44. The molecule has 0 aliphatic carbocycles. The van der Waals surface area contributed by atoms with Gasteiger partial charge in [-0.25, -0.2) is 4.98 Å². The van der Waals surface area contributed by atoms with Crippen molar-refractivity contribution in [3.05, 3.63) is 108 Å². The zero-order valence-corrected chi connectivity index (χ0v) is 17.1. The van der Waals surface area contributed by atoms with Crippen molar-refractivity contribution in [3.63, 3.8) is 0 Å². The van der Waals surface area contributed by atoms with E-state index < -0.39 is 8.07 Å². The maximum absolute atomic E-state index is 6.42. The normalized spacial score (nSPS) is 11.5. The quantitative estimate of drug-likeness (QED) is 0.361. The summed E-state index contributed by atoms with van der Waals surface area (Å²) in [5.41, 5.74) is 0. The summed E-state index contributed by atoms with van der Waals surface area (Å²) in [6.45, 7) is 0. The van der Waals surface area contributed by atoms with Gasteiger partial charge in [0.1, 0.15) is 0 Å². The lowest BCUT2D eigenvalue weighted by atomic mass is 10.3. The van der Waals surface area contributed by atoms with E-state index in [1.54, 1.807) is 0 Å². The topological polar surface area (TPSA) is 17.8 Å². The molecule has 27 heavy (non-hydrogen) atoms. The minimum atomic E-state index is -2.44. The van der Waals surface area contributed by atoms with Gasteiger partial charge in [0, 0.05) is 28.6 Å². The SMILES string of the molecule is Clc1cccc([Si](Cn2ccnc2)(c2ccccc2)c2cccc(Cl)c2)c1. The van der Waals surface area contributed by atoms with Crippen molar-refractivity contribution in [3.8, 4) is 0 Å². The molecule has 2 nitrogen and oxygen atoms in total. The highest BCUT2D eigenvalue weighted by atomic mass is 35.5. The number of halogens is 2. The van der Waals surface area contributed by atoms with Gasteiger partial charge in [0.15, 0.2) is 8.07 Å². The Labute approximate surface area is 170 Å². The molecular formula is C22H18Cl2N2Si. The summed E-state index contributed by atoms with van der Waals surface area (Å²) < 4.78 is 2.15. The van der Waals surface area contributed by atoms with Crippen LogP contribution >= 0.6 is 23.2 Å². The maximum atomic E-state index is 6.42. The second kappa shape index (κ2) is 7.73. The largest absolute Gasteiger partial charge is 0.339 e. The molecule has 1 heterocycles. The molecule has 0 unspecified atom stereocenters. The first kappa shape index (κ1) is 18.0. The van der Waals surface area contributed by atoms with E-state index in [9.17, 15) is 0 Å². The minimum Gasteiger partial charge on any atom is -0.339 e. The van der Waals surface area contributed by atoms with Gasteiger partial charge in [-0.1, -0.05) is 77.8 Å². The monoisotopic (exact) mass is 408 g/mol. The van der Waals surface area contributed by atoms with Crippen molar-refractivity contribution in [2.45, 2.75) is 6.17 Å². The van der Waals surface area contributed by atoms with Crippen LogP contribution in [-0.2, 0) is 6.17 Å². The predicted molar refractivity (Wildman–Crippen MR) is 116 cm³/mol. The van der Waals surface area contributed by atoms with Gasteiger partial charge in [-0.2, -0.15) is 0 Å². The van der Waals surface area contributed by atoms with Gasteiger partial charge >= 0.3 is 0 Å². The fourth-order valence-corrected chi connectivity index (χ4v) is 8.83. The third-order valence-electron chi connectivity index (χ3n) is 4.88. The highest BCUT2D eigenvalue weighted by molar-refractivity contribution is 7.10. The summed E-state index contributed by atoms with van der Waals surface area (Å²) >= 11 is 12.8. The van der Waals surface area contributed by atoms with E-state index in [0.717, 1.165) is 16.2 Å². The molecule has 0 atom stereocenters. The van der Waals surface area contributed by atoms with Crippen LogP contribution in [0.25, 0.3) is 0 Å². The van der Waals surface area contributed by atoms with Crippen LogP contribution in [0.15, 0.2) is 97.6 Å². The van der Waals surface area contributed by atoms with E-state index in [1.807, 2.05) is 43.0 Å². The molecule has 134 valence electrons. The molecule has 0 radical (unpaired) electrons. The third kappa shape index (κ3) is 3.59. The van der Waals surface area contributed by atoms with Crippen LogP contribution in [0.4, 0.5) is 0 Å². The van der Waals surface area contributed by atoms with Crippen LogP contribution in [0.3, 0.4) is 0 Å². The Hall–Kier alpha value is -2.33. The fraction of sp³-hybridized carbons (Fsp3) is 0.0455. The lowest BCUT2D eigenvalue weighted by Gasteiger charge is -2.34. The Bertz CT molecular complexity index is 988. The number of hydrogen-bond donors (Lipinski definition) is 0. The standard InChI is InChI=1S/C22H18Cl2N2Si/c23-18-6-4-10-21(14-18)27(17-26-13-12-25-16-26,20-8-2-1-3-9-20)22-11-5-7-19(24)15-22/h1-16H,17H2. The Morgan fingerprint density at radius 3 is 1.85 bits per heavy atom. The number of rotatable bonds is 5. The molecule has 0 aliphatic heterocycles. The molecular weight excluding hydrogens is 391 g/mol. The van der Waals surface area contributed by atoms with E-state index in [1.165, 1.54) is 15.6 Å². The number of nitrogens with zero attached hydrogens (tertiary/aromatic N) is 2. The second-order valence-electron chi connectivity index (χ2n) is 6.53. The number of imidazole rings is 1. The molecule has 4 aromatic rings. The van der Waals surface area contributed by atoms with Crippen molar-refractivity contribution >= 4 is 46.8 Å². The average Bonchev–Trinajstić information content (AvgIpc) is 3.20. The van der Waals surface area contributed by atoms with Gasteiger partial charge in [-0.15, -0.1) is 0 Å². The smallest absolute Gasteiger partial charge is 0.168 e. The van der Waals surface area contributed by atoms with Crippen LogP contribution in [0.1, 0.15) is 0 Å². The molecule has 3 aromatic carbocycles. The Balaban J connectivity index is 2.04. The summed E-state index contributed by atoms with van der Waals surface area (Å²) in [5.74, 6) is 0. The van der Waals surface area contributed by atoms with Crippen molar-refractivity contribution in [2.24, 2.45) is 0 Å². The van der Waals surface area contributed by atoms with Crippen LogP contribution < -0.4 is 15.6 Å². The predicted octanol–water partition coefficient (Wildman–Crippen LogP) is 3.90. The molecule has 0 saturated heterocycles. The van der Waals surface area contributed by atoms with Crippen molar-refractivity contribution < 1.29 is 0 Å². The Morgan fingerprint density at radius 1 is 0.741 bits per heavy atom.